The summed E-state index contributed by atoms with van der Waals surface area (Å²) in [6.45, 7) is 0.839. The first-order valence-corrected chi connectivity index (χ1v) is 15.5. The zero-order valence-corrected chi connectivity index (χ0v) is 24.8. The first-order valence-electron chi connectivity index (χ1n) is 13.7. The van der Waals surface area contributed by atoms with Gasteiger partial charge in [0.1, 0.15) is 12.6 Å². The fourth-order valence-electron chi connectivity index (χ4n) is 4.97. The maximum absolute atomic E-state index is 14.0. The van der Waals surface area contributed by atoms with E-state index < -0.39 is 33.4 Å². The van der Waals surface area contributed by atoms with E-state index in [0.29, 0.717) is 10.6 Å². The Morgan fingerprint density at radius 3 is 2.33 bits per heavy atom. The van der Waals surface area contributed by atoms with Crippen molar-refractivity contribution in [1.29, 1.82) is 0 Å². The highest BCUT2D eigenvalue weighted by atomic mass is 35.5. The van der Waals surface area contributed by atoms with Gasteiger partial charge in [0.25, 0.3) is 15.7 Å². The molecule has 1 saturated carbocycles. The van der Waals surface area contributed by atoms with Crippen LogP contribution >= 0.6 is 11.6 Å². The quantitative estimate of drug-likeness (QED) is 0.231. The molecule has 3 aromatic carbocycles. The van der Waals surface area contributed by atoms with Gasteiger partial charge in [-0.05, 0) is 49.6 Å². The molecule has 0 unspecified atom stereocenters. The number of nitrogens with zero attached hydrogens (tertiary/aromatic N) is 3. The Labute approximate surface area is 250 Å². The lowest BCUT2D eigenvalue weighted by atomic mass is 9.95. The minimum Gasteiger partial charge on any atom is -0.352 e. The van der Waals surface area contributed by atoms with Crippen LogP contribution in [0.2, 0.25) is 5.02 Å². The molecule has 2 amide bonds. The molecule has 1 aliphatic rings. The minimum atomic E-state index is -4.34. The van der Waals surface area contributed by atoms with Crippen molar-refractivity contribution in [3.63, 3.8) is 0 Å². The molecule has 1 fully saturated rings. The van der Waals surface area contributed by atoms with Crippen LogP contribution < -0.4 is 9.62 Å². The van der Waals surface area contributed by atoms with Gasteiger partial charge in [-0.3, -0.25) is 24.0 Å². The number of carbonyl (C=O) groups is 2. The van der Waals surface area contributed by atoms with Crippen LogP contribution in [0, 0.1) is 10.1 Å². The number of hydrogen-bond donors (Lipinski definition) is 1. The second-order valence-corrected chi connectivity index (χ2v) is 12.5. The highest BCUT2D eigenvalue weighted by Crippen LogP contribution is 2.28. The Hall–Kier alpha value is -3.96. The molecule has 12 heteroatoms. The topological polar surface area (TPSA) is 130 Å². The first-order chi connectivity index (χ1) is 20.1. The number of amides is 2. The van der Waals surface area contributed by atoms with Gasteiger partial charge in [0.15, 0.2) is 0 Å². The largest absolute Gasteiger partial charge is 0.352 e. The SMILES string of the molecule is C[C@@H](C(=O)NC1CCCCC1)N(Cc1ccccc1Cl)C(=O)CN(c1cccc([N+](=O)[O-])c1)S(=O)(=O)c1ccccc1. The third-order valence-electron chi connectivity index (χ3n) is 7.36. The van der Waals surface area contributed by atoms with Crippen LogP contribution in [0.3, 0.4) is 0 Å². The summed E-state index contributed by atoms with van der Waals surface area (Å²) in [6.07, 6.45) is 4.84. The van der Waals surface area contributed by atoms with Gasteiger partial charge >= 0.3 is 0 Å². The predicted molar refractivity (Wildman–Crippen MR) is 161 cm³/mol. The third kappa shape index (κ3) is 7.46. The molecule has 0 aromatic heterocycles. The molecule has 10 nitrogen and oxygen atoms in total. The molecule has 0 bridgehead atoms. The Balaban J connectivity index is 1.71. The van der Waals surface area contributed by atoms with Crippen LogP contribution in [0.4, 0.5) is 11.4 Å². The fourth-order valence-corrected chi connectivity index (χ4v) is 6.59. The monoisotopic (exact) mass is 612 g/mol. The van der Waals surface area contributed by atoms with Gasteiger partial charge < -0.3 is 10.2 Å². The van der Waals surface area contributed by atoms with Crippen molar-refractivity contribution < 1.29 is 22.9 Å². The molecule has 0 heterocycles. The maximum Gasteiger partial charge on any atom is 0.271 e. The molecule has 3 aromatic rings. The van der Waals surface area contributed by atoms with Gasteiger partial charge in [-0.2, -0.15) is 0 Å². The van der Waals surface area contributed by atoms with E-state index in [-0.39, 0.29) is 34.8 Å². The van der Waals surface area contributed by atoms with Gasteiger partial charge in [0.05, 0.1) is 15.5 Å². The Morgan fingerprint density at radius 2 is 1.67 bits per heavy atom. The summed E-state index contributed by atoms with van der Waals surface area (Å²) in [5.41, 5.74) is 0.192. The minimum absolute atomic E-state index is 0.00536. The van der Waals surface area contributed by atoms with Gasteiger partial charge in [-0.1, -0.05) is 73.3 Å². The van der Waals surface area contributed by atoms with Gasteiger partial charge in [0, 0.05) is 29.7 Å². The number of hydrogen-bond acceptors (Lipinski definition) is 6. The average Bonchev–Trinajstić information content (AvgIpc) is 3.00. The number of nitrogens with one attached hydrogen (secondary N) is 1. The number of sulfonamides is 1. The number of halogens is 1. The number of anilines is 1. The van der Waals surface area contributed by atoms with Crippen LogP contribution in [0.15, 0.2) is 83.8 Å². The molecule has 0 aliphatic heterocycles. The predicted octanol–water partition coefficient (Wildman–Crippen LogP) is 5.31. The van der Waals surface area contributed by atoms with Crippen molar-refractivity contribution in [2.45, 2.75) is 62.6 Å². The molecule has 0 radical (unpaired) electrons. The molecular weight excluding hydrogens is 580 g/mol. The molecule has 1 atom stereocenters. The van der Waals surface area contributed by atoms with Gasteiger partial charge in [-0.25, -0.2) is 8.42 Å². The normalized spacial score (nSPS) is 14.5. The van der Waals surface area contributed by atoms with Crippen molar-refractivity contribution >= 4 is 44.8 Å². The summed E-state index contributed by atoms with van der Waals surface area (Å²) in [6, 6.07) is 18.5. The number of carbonyl (C=O) groups excluding carboxylic acids is 2. The molecule has 222 valence electrons. The summed E-state index contributed by atoms with van der Waals surface area (Å²) in [4.78, 5) is 39.5. The zero-order chi connectivity index (χ0) is 30.3. The van der Waals surface area contributed by atoms with E-state index >= 15 is 0 Å². The van der Waals surface area contributed by atoms with Crippen LogP contribution in [-0.2, 0) is 26.2 Å². The molecule has 0 saturated heterocycles. The Bertz CT molecular complexity index is 1530. The molecule has 42 heavy (non-hydrogen) atoms. The van der Waals surface area contributed by atoms with E-state index in [0.717, 1.165) is 42.5 Å². The first kappa shape index (κ1) is 31.0. The standard InChI is InChI=1S/C30H33ClN4O6S/c1-22(30(37)32-24-12-4-2-5-13-24)33(20-23-11-8-9-18-28(23)31)29(36)21-34(25-14-10-15-26(19-25)35(38)39)42(40,41)27-16-6-3-7-17-27/h3,6-11,14-19,22,24H,2,4-5,12-13,20-21H2,1H3,(H,32,37)/t22-/m0/s1. The van der Waals surface area contributed by atoms with E-state index in [1.165, 1.54) is 35.2 Å². The number of nitro benzene ring substituents is 1. The van der Waals surface area contributed by atoms with E-state index in [4.69, 9.17) is 11.6 Å². The molecule has 1 N–H and O–H groups in total. The van der Waals surface area contributed by atoms with Crippen LogP contribution in [-0.4, -0.2) is 48.7 Å². The lowest BCUT2D eigenvalue weighted by Crippen LogP contribution is -2.53. The molecule has 4 rings (SSSR count). The van der Waals surface area contributed by atoms with E-state index in [2.05, 4.69) is 5.32 Å². The summed E-state index contributed by atoms with van der Waals surface area (Å²) >= 11 is 6.41. The second-order valence-electron chi connectivity index (χ2n) is 10.2. The zero-order valence-electron chi connectivity index (χ0n) is 23.2. The Kier molecular flexibility index (Phi) is 10.2. The molecule has 0 spiro atoms. The third-order valence-corrected chi connectivity index (χ3v) is 9.51. The lowest BCUT2D eigenvalue weighted by molar-refractivity contribution is -0.384. The van der Waals surface area contributed by atoms with Crippen molar-refractivity contribution in [1.82, 2.24) is 10.2 Å². The van der Waals surface area contributed by atoms with E-state index in [9.17, 15) is 28.1 Å². The van der Waals surface area contributed by atoms with E-state index in [1.54, 1.807) is 49.4 Å². The molecule has 1 aliphatic carbocycles. The highest BCUT2D eigenvalue weighted by Gasteiger charge is 2.34. The van der Waals surface area contributed by atoms with Crippen molar-refractivity contribution in [2.75, 3.05) is 10.8 Å². The van der Waals surface area contributed by atoms with E-state index in [1.807, 2.05) is 0 Å². The summed E-state index contributed by atoms with van der Waals surface area (Å²) in [5, 5.41) is 14.9. The summed E-state index contributed by atoms with van der Waals surface area (Å²) in [5.74, 6) is -1.03. The van der Waals surface area contributed by atoms with Crippen LogP contribution in [0.1, 0.15) is 44.6 Å². The summed E-state index contributed by atoms with van der Waals surface area (Å²) < 4.78 is 28.5. The van der Waals surface area contributed by atoms with Gasteiger partial charge in [0.2, 0.25) is 11.8 Å². The molecular formula is C30H33ClN4O6S. The average molecular weight is 613 g/mol. The summed E-state index contributed by atoms with van der Waals surface area (Å²) in [7, 11) is -4.34. The fraction of sp³-hybridized carbons (Fsp3) is 0.333. The number of non-ortho nitro benzene ring substituents is 1. The van der Waals surface area contributed by atoms with Crippen molar-refractivity contribution in [3.05, 3.63) is 99.6 Å². The number of rotatable bonds is 11. The second kappa shape index (κ2) is 13.8. The van der Waals surface area contributed by atoms with Crippen LogP contribution in [0.5, 0.6) is 0 Å². The highest BCUT2D eigenvalue weighted by molar-refractivity contribution is 7.92. The van der Waals surface area contributed by atoms with Crippen molar-refractivity contribution in [3.8, 4) is 0 Å². The Morgan fingerprint density at radius 1 is 1.00 bits per heavy atom. The smallest absolute Gasteiger partial charge is 0.271 e. The maximum atomic E-state index is 14.0. The van der Waals surface area contributed by atoms with Gasteiger partial charge in [-0.15, -0.1) is 0 Å². The van der Waals surface area contributed by atoms with Crippen molar-refractivity contribution in [2.24, 2.45) is 0 Å². The number of benzene rings is 3. The number of nitro groups is 1. The van der Waals surface area contributed by atoms with Crippen LogP contribution in [0.25, 0.3) is 0 Å². The lowest BCUT2D eigenvalue weighted by Gasteiger charge is -2.33.